The standard InChI is InChI=1S/C13H20IN3S2/c1-3-5-8-10(14)12(15)17-13(16-8)11-9(4-2)18-6-7-19-11/h9,11H,3-7H2,1-2H3,(H2,15,16,17). The van der Waals surface area contributed by atoms with Crippen molar-refractivity contribution in [2.75, 3.05) is 17.2 Å². The van der Waals surface area contributed by atoms with Crippen molar-refractivity contribution in [1.29, 1.82) is 0 Å². The molecule has 0 saturated carbocycles. The average Bonchev–Trinajstić information content (AvgIpc) is 2.43. The highest BCUT2D eigenvalue weighted by molar-refractivity contribution is 14.1. The molecular weight excluding hydrogens is 389 g/mol. The first kappa shape index (κ1) is 15.7. The van der Waals surface area contributed by atoms with Crippen molar-refractivity contribution in [3.8, 4) is 0 Å². The van der Waals surface area contributed by atoms with Crippen molar-refractivity contribution in [1.82, 2.24) is 9.97 Å². The molecule has 106 valence electrons. The number of nitrogens with two attached hydrogens (primary N) is 1. The van der Waals surface area contributed by atoms with Crippen molar-refractivity contribution in [2.45, 2.75) is 43.6 Å². The van der Waals surface area contributed by atoms with Crippen molar-refractivity contribution in [2.24, 2.45) is 0 Å². The van der Waals surface area contributed by atoms with Crippen molar-refractivity contribution < 1.29 is 0 Å². The molecule has 6 heteroatoms. The van der Waals surface area contributed by atoms with E-state index in [1.807, 2.05) is 11.8 Å². The normalized spacial score (nSPS) is 23.5. The highest BCUT2D eigenvalue weighted by atomic mass is 127. The molecule has 2 heterocycles. The Morgan fingerprint density at radius 2 is 2.00 bits per heavy atom. The number of halogens is 1. The van der Waals surface area contributed by atoms with Crippen molar-refractivity contribution >= 4 is 51.9 Å². The van der Waals surface area contributed by atoms with Crippen LogP contribution in [0.5, 0.6) is 0 Å². The lowest BCUT2D eigenvalue weighted by Gasteiger charge is -2.29. The SMILES string of the molecule is CCCc1nc(C2SCCSC2CC)nc(N)c1I. The van der Waals surface area contributed by atoms with Gasteiger partial charge in [0, 0.05) is 16.8 Å². The van der Waals surface area contributed by atoms with Gasteiger partial charge in [-0.15, -0.1) is 11.8 Å². The number of nitrogens with zero attached hydrogens (tertiary/aromatic N) is 2. The van der Waals surface area contributed by atoms with Crippen molar-refractivity contribution in [3.05, 3.63) is 15.1 Å². The van der Waals surface area contributed by atoms with Crippen LogP contribution in [0.25, 0.3) is 0 Å². The number of hydrogen-bond acceptors (Lipinski definition) is 5. The lowest BCUT2D eigenvalue weighted by molar-refractivity contribution is 0.734. The molecular formula is C13H20IN3S2. The fourth-order valence-corrected chi connectivity index (χ4v) is 5.71. The number of aromatic nitrogens is 2. The van der Waals surface area contributed by atoms with Crippen LogP contribution < -0.4 is 5.73 Å². The minimum atomic E-state index is 0.402. The zero-order chi connectivity index (χ0) is 13.8. The fraction of sp³-hybridized carbons (Fsp3) is 0.692. The van der Waals surface area contributed by atoms with E-state index >= 15 is 0 Å². The van der Waals surface area contributed by atoms with Gasteiger partial charge < -0.3 is 5.73 Å². The Kier molecular flexibility index (Phi) is 6.08. The summed E-state index contributed by atoms with van der Waals surface area (Å²) in [6, 6.07) is 0. The first-order valence-electron chi connectivity index (χ1n) is 6.72. The number of hydrogen-bond donors (Lipinski definition) is 1. The van der Waals surface area contributed by atoms with Crippen molar-refractivity contribution in [3.63, 3.8) is 0 Å². The van der Waals surface area contributed by atoms with E-state index in [2.05, 4.69) is 53.2 Å². The van der Waals surface area contributed by atoms with Crippen LogP contribution in [-0.4, -0.2) is 26.7 Å². The lowest BCUT2D eigenvalue weighted by Crippen LogP contribution is -2.21. The molecule has 1 aromatic rings. The monoisotopic (exact) mass is 409 g/mol. The summed E-state index contributed by atoms with van der Waals surface area (Å²) in [4.78, 5) is 9.37. The summed E-state index contributed by atoms with van der Waals surface area (Å²) in [6.07, 6.45) is 3.25. The Hall–Kier alpha value is 0.310. The molecule has 0 aliphatic carbocycles. The Morgan fingerprint density at radius 1 is 1.26 bits per heavy atom. The Labute approximate surface area is 137 Å². The number of thioether (sulfide) groups is 2. The predicted molar refractivity (Wildman–Crippen MR) is 94.9 cm³/mol. The topological polar surface area (TPSA) is 51.8 Å². The molecule has 1 aliphatic heterocycles. The molecule has 2 N–H and O–H groups in total. The molecule has 2 unspecified atom stereocenters. The van der Waals surface area contributed by atoms with Gasteiger partial charge >= 0.3 is 0 Å². The van der Waals surface area contributed by atoms with E-state index in [4.69, 9.17) is 10.7 Å². The summed E-state index contributed by atoms with van der Waals surface area (Å²) in [5.74, 6) is 4.02. The fourth-order valence-electron chi connectivity index (χ4n) is 2.20. The number of aryl methyl sites for hydroxylation is 1. The molecule has 1 aromatic heterocycles. The molecule has 19 heavy (non-hydrogen) atoms. The molecule has 2 rings (SSSR count). The summed E-state index contributed by atoms with van der Waals surface area (Å²) in [5.41, 5.74) is 7.19. The molecule has 0 amide bonds. The van der Waals surface area contributed by atoms with E-state index in [1.54, 1.807) is 0 Å². The quantitative estimate of drug-likeness (QED) is 0.765. The van der Waals surface area contributed by atoms with Gasteiger partial charge in [-0.3, -0.25) is 0 Å². The molecule has 1 fully saturated rings. The Balaban J connectivity index is 2.32. The molecule has 0 spiro atoms. The maximum absolute atomic E-state index is 6.07. The Morgan fingerprint density at radius 3 is 2.68 bits per heavy atom. The Bertz CT molecular complexity index is 442. The van der Waals surface area contributed by atoms with Crippen LogP contribution in [0.2, 0.25) is 0 Å². The smallest absolute Gasteiger partial charge is 0.145 e. The van der Waals surface area contributed by atoms with Crippen LogP contribution in [0.1, 0.15) is 43.5 Å². The third-order valence-corrected chi connectivity index (χ3v) is 7.57. The number of rotatable bonds is 4. The molecule has 0 bridgehead atoms. The average molecular weight is 409 g/mol. The minimum Gasteiger partial charge on any atom is -0.383 e. The highest BCUT2D eigenvalue weighted by Gasteiger charge is 2.29. The van der Waals surface area contributed by atoms with Gasteiger partial charge in [0.2, 0.25) is 0 Å². The van der Waals surface area contributed by atoms with E-state index in [9.17, 15) is 0 Å². The van der Waals surface area contributed by atoms with Gasteiger partial charge in [0.15, 0.2) is 0 Å². The predicted octanol–water partition coefficient (Wildman–Crippen LogP) is 3.92. The first-order chi connectivity index (χ1) is 9.17. The second-order valence-corrected chi connectivity index (χ2v) is 8.26. The van der Waals surface area contributed by atoms with Gasteiger partial charge in [-0.25, -0.2) is 9.97 Å². The largest absolute Gasteiger partial charge is 0.383 e. The van der Waals surface area contributed by atoms with Crippen LogP contribution in [-0.2, 0) is 6.42 Å². The summed E-state index contributed by atoms with van der Waals surface area (Å²) in [5, 5.41) is 1.02. The van der Waals surface area contributed by atoms with Gasteiger partial charge in [0.1, 0.15) is 11.6 Å². The molecule has 2 atom stereocenters. The lowest BCUT2D eigenvalue weighted by atomic mass is 10.2. The second kappa shape index (κ2) is 7.36. The van der Waals surface area contributed by atoms with E-state index in [0.717, 1.165) is 27.9 Å². The zero-order valence-corrected chi connectivity index (χ0v) is 15.1. The molecule has 0 radical (unpaired) electrons. The van der Waals surface area contributed by atoms with E-state index < -0.39 is 0 Å². The van der Waals surface area contributed by atoms with Crippen LogP contribution in [0.15, 0.2) is 0 Å². The highest BCUT2D eigenvalue weighted by Crippen LogP contribution is 2.43. The molecule has 3 nitrogen and oxygen atoms in total. The van der Waals surface area contributed by atoms with Gasteiger partial charge in [0.25, 0.3) is 0 Å². The van der Waals surface area contributed by atoms with Crippen LogP contribution >= 0.6 is 46.1 Å². The van der Waals surface area contributed by atoms with E-state index in [-0.39, 0.29) is 0 Å². The molecule has 1 aliphatic rings. The summed E-state index contributed by atoms with van der Waals surface area (Å²) in [7, 11) is 0. The zero-order valence-electron chi connectivity index (χ0n) is 11.4. The van der Waals surface area contributed by atoms with E-state index in [1.165, 1.54) is 17.9 Å². The third-order valence-electron chi connectivity index (χ3n) is 3.16. The number of anilines is 1. The molecule has 0 aromatic carbocycles. The maximum atomic E-state index is 6.07. The number of nitrogen functional groups attached to an aromatic ring is 1. The third kappa shape index (κ3) is 3.69. The summed E-state index contributed by atoms with van der Waals surface area (Å²) >= 11 is 6.31. The minimum absolute atomic E-state index is 0.402. The van der Waals surface area contributed by atoms with Crippen LogP contribution in [0.4, 0.5) is 5.82 Å². The maximum Gasteiger partial charge on any atom is 0.145 e. The summed E-state index contributed by atoms with van der Waals surface area (Å²) in [6.45, 7) is 4.42. The summed E-state index contributed by atoms with van der Waals surface area (Å²) < 4.78 is 1.03. The van der Waals surface area contributed by atoms with Gasteiger partial charge in [-0.2, -0.15) is 11.8 Å². The van der Waals surface area contributed by atoms with E-state index in [0.29, 0.717) is 16.3 Å². The first-order valence-corrected chi connectivity index (χ1v) is 9.90. The molecule has 1 saturated heterocycles. The van der Waals surface area contributed by atoms with Gasteiger partial charge in [-0.05, 0) is 35.4 Å². The van der Waals surface area contributed by atoms with Gasteiger partial charge in [0.05, 0.1) is 14.5 Å². The van der Waals surface area contributed by atoms with Crippen LogP contribution in [0.3, 0.4) is 0 Å². The van der Waals surface area contributed by atoms with Crippen LogP contribution in [0, 0.1) is 3.57 Å². The second-order valence-electron chi connectivity index (χ2n) is 4.59. The van der Waals surface area contributed by atoms with Gasteiger partial charge in [-0.1, -0.05) is 20.3 Å².